The van der Waals surface area contributed by atoms with Crippen LogP contribution in [0.5, 0.6) is 0 Å². The van der Waals surface area contributed by atoms with Crippen LogP contribution in [-0.4, -0.2) is 25.1 Å². The predicted molar refractivity (Wildman–Crippen MR) is 107 cm³/mol. The maximum Gasteiger partial charge on any atom is 0.259 e. The zero-order chi connectivity index (χ0) is 20.0. The molecule has 0 unspecified atom stereocenters. The molecular formula is C19H17ClN6O2. The first-order valence-corrected chi connectivity index (χ1v) is 8.94. The first kappa shape index (κ1) is 18.0. The number of carbonyl (C=O) groups is 1. The molecule has 4 aromatic rings. The van der Waals surface area contributed by atoms with Crippen LogP contribution < -0.4 is 16.6 Å². The van der Waals surface area contributed by atoms with Crippen molar-refractivity contribution in [1.82, 2.24) is 24.5 Å². The number of rotatable bonds is 3. The number of nitrogen functional groups attached to an aromatic ring is 1. The number of aromatic nitrogens is 4. The average Bonchev–Trinajstić information content (AvgIpc) is 3.00. The Hall–Kier alpha value is -3.39. The summed E-state index contributed by atoms with van der Waals surface area (Å²) in [5.74, 6) is -0.333. The van der Waals surface area contributed by atoms with Gasteiger partial charge in [-0.3, -0.25) is 9.59 Å². The minimum atomic E-state index is -0.466. The van der Waals surface area contributed by atoms with Crippen LogP contribution in [0, 0.1) is 0 Å². The Labute approximate surface area is 164 Å². The van der Waals surface area contributed by atoms with Crippen molar-refractivity contribution in [2.24, 2.45) is 7.05 Å². The summed E-state index contributed by atoms with van der Waals surface area (Å²) in [6.07, 6.45) is 3.23. The Morgan fingerprint density at radius 2 is 2.11 bits per heavy atom. The van der Waals surface area contributed by atoms with Crippen LogP contribution in [0.3, 0.4) is 0 Å². The molecule has 3 aromatic heterocycles. The first-order chi connectivity index (χ1) is 13.4. The fraction of sp³-hybridized carbons (Fsp3) is 0.158. The predicted octanol–water partition coefficient (Wildman–Crippen LogP) is 2.31. The van der Waals surface area contributed by atoms with Crippen molar-refractivity contribution in [2.45, 2.75) is 13.0 Å². The summed E-state index contributed by atoms with van der Waals surface area (Å²) in [5.41, 5.74) is 6.88. The molecule has 1 atom stereocenters. The maximum absolute atomic E-state index is 12.8. The van der Waals surface area contributed by atoms with Gasteiger partial charge >= 0.3 is 0 Å². The zero-order valence-corrected chi connectivity index (χ0v) is 15.9. The molecule has 0 saturated heterocycles. The number of hydrogen-bond acceptors (Lipinski definition) is 5. The van der Waals surface area contributed by atoms with Crippen molar-refractivity contribution in [3.63, 3.8) is 0 Å². The van der Waals surface area contributed by atoms with E-state index in [0.717, 1.165) is 0 Å². The molecule has 3 heterocycles. The summed E-state index contributed by atoms with van der Waals surface area (Å²) >= 11 is 6.18. The van der Waals surface area contributed by atoms with E-state index in [1.165, 1.54) is 9.08 Å². The fourth-order valence-electron chi connectivity index (χ4n) is 3.31. The number of nitrogens with zero attached hydrogens (tertiary/aromatic N) is 4. The van der Waals surface area contributed by atoms with E-state index < -0.39 is 11.9 Å². The van der Waals surface area contributed by atoms with E-state index in [9.17, 15) is 9.59 Å². The highest BCUT2D eigenvalue weighted by Gasteiger charge is 2.22. The summed E-state index contributed by atoms with van der Waals surface area (Å²) in [4.78, 5) is 29.8. The van der Waals surface area contributed by atoms with Crippen LogP contribution in [-0.2, 0) is 7.05 Å². The largest absolute Gasteiger partial charge is 0.381 e. The Morgan fingerprint density at radius 3 is 2.89 bits per heavy atom. The third-order valence-corrected chi connectivity index (χ3v) is 5.01. The van der Waals surface area contributed by atoms with Gasteiger partial charge in [0.2, 0.25) is 0 Å². The number of amides is 1. The lowest BCUT2D eigenvalue weighted by Gasteiger charge is -2.18. The van der Waals surface area contributed by atoms with Crippen molar-refractivity contribution in [2.75, 3.05) is 5.73 Å². The Morgan fingerprint density at radius 1 is 1.32 bits per heavy atom. The molecule has 0 saturated carbocycles. The van der Waals surface area contributed by atoms with E-state index in [1.54, 1.807) is 44.6 Å². The van der Waals surface area contributed by atoms with Crippen LogP contribution in [0.4, 0.5) is 5.82 Å². The van der Waals surface area contributed by atoms with E-state index in [4.69, 9.17) is 17.3 Å². The van der Waals surface area contributed by atoms with Crippen LogP contribution in [0.2, 0.25) is 5.02 Å². The molecule has 0 aliphatic heterocycles. The Kier molecular flexibility index (Phi) is 4.27. The number of hydrogen-bond donors (Lipinski definition) is 2. The highest BCUT2D eigenvalue weighted by molar-refractivity contribution is 6.35. The van der Waals surface area contributed by atoms with Gasteiger partial charge in [0, 0.05) is 25.1 Å². The summed E-state index contributed by atoms with van der Waals surface area (Å²) in [6.45, 7) is 1.79. The van der Waals surface area contributed by atoms with Crippen LogP contribution in [0.25, 0.3) is 16.4 Å². The van der Waals surface area contributed by atoms with Crippen molar-refractivity contribution in [3.05, 3.63) is 69.4 Å². The topological polar surface area (TPSA) is 107 Å². The maximum atomic E-state index is 12.8. The van der Waals surface area contributed by atoms with Crippen LogP contribution in [0.1, 0.15) is 29.0 Å². The van der Waals surface area contributed by atoms with Gasteiger partial charge in [0.25, 0.3) is 11.5 Å². The molecule has 9 heteroatoms. The summed E-state index contributed by atoms with van der Waals surface area (Å²) < 4.78 is 2.93. The molecule has 0 spiro atoms. The molecule has 0 bridgehead atoms. The van der Waals surface area contributed by atoms with E-state index >= 15 is 0 Å². The third kappa shape index (κ3) is 2.78. The molecule has 1 amide bonds. The monoisotopic (exact) mass is 396 g/mol. The van der Waals surface area contributed by atoms with Gasteiger partial charge in [0.15, 0.2) is 11.5 Å². The number of fused-ring (bicyclic) bond motifs is 2. The van der Waals surface area contributed by atoms with E-state index in [0.29, 0.717) is 27.1 Å². The molecule has 3 N–H and O–H groups in total. The quantitative estimate of drug-likeness (QED) is 0.552. The van der Waals surface area contributed by atoms with Crippen molar-refractivity contribution < 1.29 is 4.79 Å². The molecular weight excluding hydrogens is 380 g/mol. The van der Waals surface area contributed by atoms with E-state index in [-0.39, 0.29) is 16.9 Å². The van der Waals surface area contributed by atoms with Gasteiger partial charge in [-0.2, -0.15) is 0 Å². The fourth-order valence-corrected chi connectivity index (χ4v) is 3.57. The standard InChI is InChI=1S/C19H17ClN6O2/c1-10(13-9-11-5-3-6-12(20)14(11)19(28)25(13)2)23-18(27)15-16(21)24-26-8-4-7-22-17(15)26/h3-10H,1-2H3,(H2,21,24)(H,23,27)/t10-/m0/s1. The lowest BCUT2D eigenvalue weighted by atomic mass is 10.1. The summed E-state index contributed by atoms with van der Waals surface area (Å²) in [6, 6.07) is 8.34. The van der Waals surface area contributed by atoms with Crippen LogP contribution in [0.15, 0.2) is 47.5 Å². The minimum Gasteiger partial charge on any atom is -0.381 e. The second kappa shape index (κ2) is 6.65. The van der Waals surface area contributed by atoms with E-state index in [2.05, 4.69) is 15.4 Å². The number of benzene rings is 1. The molecule has 0 aliphatic rings. The zero-order valence-electron chi connectivity index (χ0n) is 15.2. The Bertz CT molecular complexity index is 1290. The number of pyridine rings is 1. The third-order valence-electron chi connectivity index (χ3n) is 4.70. The van der Waals surface area contributed by atoms with Gasteiger partial charge in [-0.1, -0.05) is 23.7 Å². The highest BCUT2D eigenvalue weighted by atomic mass is 35.5. The van der Waals surface area contributed by atoms with Gasteiger partial charge in [-0.25, -0.2) is 9.50 Å². The molecule has 1 aromatic carbocycles. The van der Waals surface area contributed by atoms with Crippen LogP contribution >= 0.6 is 11.6 Å². The average molecular weight is 397 g/mol. The lowest BCUT2D eigenvalue weighted by molar-refractivity contribution is 0.0941. The lowest BCUT2D eigenvalue weighted by Crippen LogP contribution is -2.32. The number of nitrogens with two attached hydrogens (primary N) is 1. The Balaban J connectivity index is 1.73. The van der Waals surface area contributed by atoms with Crippen molar-refractivity contribution in [3.8, 4) is 0 Å². The van der Waals surface area contributed by atoms with Gasteiger partial charge in [0.1, 0.15) is 5.56 Å². The molecule has 28 heavy (non-hydrogen) atoms. The van der Waals surface area contributed by atoms with Gasteiger partial charge in [0.05, 0.1) is 16.5 Å². The molecule has 8 nitrogen and oxygen atoms in total. The summed E-state index contributed by atoms with van der Waals surface area (Å²) in [7, 11) is 1.65. The molecule has 0 aliphatic carbocycles. The molecule has 4 rings (SSSR count). The highest BCUT2D eigenvalue weighted by Crippen LogP contribution is 2.23. The number of anilines is 1. The molecule has 0 fully saturated rings. The minimum absolute atomic E-state index is 0.0857. The van der Waals surface area contributed by atoms with Gasteiger partial charge in [-0.15, -0.1) is 5.10 Å². The smallest absolute Gasteiger partial charge is 0.259 e. The van der Waals surface area contributed by atoms with Gasteiger partial charge < -0.3 is 15.6 Å². The summed E-state index contributed by atoms with van der Waals surface area (Å²) in [5, 5.41) is 8.53. The SMILES string of the molecule is C[C@H](NC(=O)c1c(N)nn2cccnc12)c1cc2cccc(Cl)c2c(=O)n1C. The normalized spacial score (nSPS) is 12.4. The molecule has 142 valence electrons. The second-order valence-corrected chi connectivity index (χ2v) is 6.89. The van der Waals surface area contributed by atoms with Crippen molar-refractivity contribution in [1.29, 1.82) is 0 Å². The number of carbonyl (C=O) groups excluding carboxylic acids is 1. The van der Waals surface area contributed by atoms with Gasteiger partial charge in [-0.05, 0) is 30.5 Å². The first-order valence-electron chi connectivity index (χ1n) is 8.56. The number of halogens is 1. The van der Waals surface area contributed by atoms with E-state index in [1.807, 2.05) is 12.1 Å². The number of nitrogens with one attached hydrogen (secondary N) is 1. The van der Waals surface area contributed by atoms with Crippen molar-refractivity contribution >= 4 is 39.7 Å². The second-order valence-electron chi connectivity index (χ2n) is 6.48. The molecule has 0 radical (unpaired) electrons.